The van der Waals surface area contributed by atoms with Crippen LogP contribution in [0.25, 0.3) is 0 Å². The van der Waals surface area contributed by atoms with Gasteiger partial charge in [-0.15, -0.1) is 6.42 Å². The first-order chi connectivity index (χ1) is 16.7. The second-order valence-electron chi connectivity index (χ2n) is 8.28. The number of hydrogen-bond acceptors (Lipinski definition) is 2. The zero-order valence-electron chi connectivity index (χ0n) is 19.8. The van der Waals surface area contributed by atoms with Crippen molar-refractivity contribution in [3.05, 3.63) is 89.2 Å². The van der Waals surface area contributed by atoms with Gasteiger partial charge >= 0.3 is 6.18 Å². The first-order valence-electron chi connectivity index (χ1n) is 11.6. The van der Waals surface area contributed by atoms with E-state index < -0.39 is 23.0 Å². The van der Waals surface area contributed by atoms with Crippen LogP contribution in [0.2, 0.25) is 0 Å². The maximum absolute atomic E-state index is 14.3. The van der Waals surface area contributed by atoms with E-state index in [1.807, 2.05) is 31.2 Å². The fourth-order valence-corrected chi connectivity index (χ4v) is 4.03. The molecule has 0 saturated heterocycles. The molecule has 3 aromatic carbocycles. The van der Waals surface area contributed by atoms with Gasteiger partial charge in [-0.25, -0.2) is 4.39 Å². The summed E-state index contributed by atoms with van der Waals surface area (Å²) in [7, 11) is 0. The molecule has 6 heteroatoms. The van der Waals surface area contributed by atoms with E-state index in [-0.39, 0.29) is 11.5 Å². The summed E-state index contributed by atoms with van der Waals surface area (Å²) < 4.78 is 63.6. The number of alkyl halides is 3. The van der Waals surface area contributed by atoms with Crippen molar-refractivity contribution in [2.45, 2.75) is 51.1 Å². The number of benzene rings is 3. The Labute approximate surface area is 203 Å². The Balaban J connectivity index is 1.68. The topological polar surface area (TPSA) is 18.5 Å². The number of terminal acetylenes is 1. The van der Waals surface area contributed by atoms with Gasteiger partial charge in [0.1, 0.15) is 11.5 Å². The molecule has 0 aliphatic rings. The van der Waals surface area contributed by atoms with Crippen LogP contribution in [0.4, 0.5) is 17.6 Å². The van der Waals surface area contributed by atoms with E-state index in [1.165, 1.54) is 18.2 Å². The molecule has 0 heterocycles. The zero-order chi connectivity index (χ0) is 25.5. The van der Waals surface area contributed by atoms with Crippen LogP contribution in [-0.4, -0.2) is 6.61 Å². The first kappa shape index (κ1) is 26.2. The number of halogens is 4. The lowest BCUT2D eigenvalue weighted by Gasteiger charge is -2.28. The summed E-state index contributed by atoms with van der Waals surface area (Å²) in [4.78, 5) is 0. The number of aryl methyl sites for hydroxylation is 1. The van der Waals surface area contributed by atoms with Gasteiger partial charge in [-0.3, -0.25) is 0 Å². The smallest absolute Gasteiger partial charge is 0.416 e. The van der Waals surface area contributed by atoms with Crippen LogP contribution in [0.1, 0.15) is 49.8 Å². The third-order valence-corrected chi connectivity index (χ3v) is 6.07. The predicted molar refractivity (Wildman–Crippen MR) is 129 cm³/mol. The third-order valence-electron chi connectivity index (χ3n) is 6.07. The van der Waals surface area contributed by atoms with Crippen LogP contribution in [0, 0.1) is 18.2 Å². The highest BCUT2D eigenvalue weighted by Crippen LogP contribution is 2.35. The van der Waals surface area contributed by atoms with Gasteiger partial charge in [-0.1, -0.05) is 31.0 Å². The van der Waals surface area contributed by atoms with Crippen LogP contribution in [-0.2, 0) is 18.0 Å². The summed E-state index contributed by atoms with van der Waals surface area (Å²) in [6, 6.07) is 16.6. The van der Waals surface area contributed by atoms with Crippen LogP contribution in [0.15, 0.2) is 66.7 Å². The maximum atomic E-state index is 14.3. The SMILES string of the molecule is C#CC(CC)(CCCc1ccc(F)c(Oc2ccc(C(F)(F)F)cc2)c1)c1ccc(OCC)cc1. The van der Waals surface area contributed by atoms with Crippen molar-refractivity contribution in [3.63, 3.8) is 0 Å². The van der Waals surface area contributed by atoms with E-state index in [4.69, 9.17) is 15.9 Å². The molecular formula is C29H28F4O2. The minimum Gasteiger partial charge on any atom is -0.494 e. The molecule has 0 saturated carbocycles. The van der Waals surface area contributed by atoms with Gasteiger partial charge in [0.2, 0.25) is 0 Å². The molecule has 0 aliphatic carbocycles. The Morgan fingerprint density at radius 1 is 0.857 bits per heavy atom. The lowest BCUT2D eigenvalue weighted by atomic mass is 9.75. The Morgan fingerprint density at radius 3 is 2.06 bits per heavy atom. The van der Waals surface area contributed by atoms with Crippen molar-refractivity contribution >= 4 is 0 Å². The third kappa shape index (κ3) is 6.57. The normalized spacial score (nSPS) is 13.1. The molecule has 0 amide bonds. The molecule has 0 fully saturated rings. The highest BCUT2D eigenvalue weighted by atomic mass is 19.4. The molecule has 0 aromatic heterocycles. The molecule has 3 aromatic rings. The summed E-state index contributed by atoms with van der Waals surface area (Å²) in [5.74, 6) is 3.28. The predicted octanol–water partition coefficient (Wildman–Crippen LogP) is 8.34. The number of rotatable bonds is 10. The molecule has 3 rings (SSSR count). The first-order valence-corrected chi connectivity index (χ1v) is 11.6. The molecule has 0 bridgehead atoms. The summed E-state index contributed by atoms with van der Waals surface area (Å²) in [6.07, 6.45) is 4.44. The van der Waals surface area contributed by atoms with E-state index in [0.717, 1.165) is 48.3 Å². The number of hydrogen-bond donors (Lipinski definition) is 0. The summed E-state index contributed by atoms with van der Waals surface area (Å²) in [5, 5.41) is 0. The Morgan fingerprint density at radius 2 is 1.49 bits per heavy atom. The van der Waals surface area contributed by atoms with Crippen molar-refractivity contribution in [3.8, 4) is 29.6 Å². The van der Waals surface area contributed by atoms with Crippen molar-refractivity contribution in [2.24, 2.45) is 0 Å². The van der Waals surface area contributed by atoms with E-state index in [1.54, 1.807) is 12.1 Å². The quantitative estimate of drug-likeness (QED) is 0.213. The van der Waals surface area contributed by atoms with E-state index in [0.29, 0.717) is 13.0 Å². The number of ether oxygens (including phenoxy) is 2. The highest BCUT2D eigenvalue weighted by Gasteiger charge is 2.30. The summed E-state index contributed by atoms with van der Waals surface area (Å²) in [6.45, 7) is 4.58. The fraction of sp³-hybridized carbons (Fsp3) is 0.310. The van der Waals surface area contributed by atoms with Crippen LogP contribution in [0.5, 0.6) is 17.2 Å². The summed E-state index contributed by atoms with van der Waals surface area (Å²) >= 11 is 0. The lowest BCUT2D eigenvalue weighted by Crippen LogP contribution is -2.23. The minimum atomic E-state index is -4.44. The molecule has 0 radical (unpaired) electrons. The zero-order valence-corrected chi connectivity index (χ0v) is 19.8. The Hall–Kier alpha value is -3.46. The van der Waals surface area contributed by atoms with Crippen molar-refractivity contribution in [1.29, 1.82) is 0 Å². The fourth-order valence-electron chi connectivity index (χ4n) is 4.03. The molecular weight excluding hydrogens is 456 g/mol. The van der Waals surface area contributed by atoms with E-state index in [2.05, 4.69) is 12.8 Å². The van der Waals surface area contributed by atoms with Gasteiger partial charge in [-0.05, 0) is 92.3 Å². The standard InChI is InChI=1S/C29H28F4O2/c1-4-28(5-2,22-10-14-24(15-11-22)34-6-3)19-7-8-21-9-18-26(30)27(20-21)35-25-16-12-23(13-17-25)29(31,32)33/h1,9-18,20H,5-8,19H2,2-3H3. The summed E-state index contributed by atoms with van der Waals surface area (Å²) in [5.41, 5.74) is 0.683. The average Bonchev–Trinajstić information content (AvgIpc) is 2.85. The van der Waals surface area contributed by atoms with Gasteiger partial charge in [0.25, 0.3) is 0 Å². The van der Waals surface area contributed by atoms with Crippen molar-refractivity contribution in [1.82, 2.24) is 0 Å². The Bertz CT molecular complexity index is 1150. The molecule has 0 aliphatic heterocycles. The van der Waals surface area contributed by atoms with Crippen molar-refractivity contribution in [2.75, 3.05) is 6.61 Å². The van der Waals surface area contributed by atoms with Crippen LogP contribution in [0.3, 0.4) is 0 Å². The minimum absolute atomic E-state index is 0.0347. The molecule has 184 valence electrons. The van der Waals surface area contributed by atoms with Gasteiger partial charge in [0, 0.05) is 0 Å². The van der Waals surface area contributed by atoms with Crippen LogP contribution < -0.4 is 9.47 Å². The Kier molecular flexibility index (Phi) is 8.45. The second-order valence-corrected chi connectivity index (χ2v) is 8.28. The van der Waals surface area contributed by atoms with E-state index in [9.17, 15) is 17.6 Å². The van der Waals surface area contributed by atoms with Crippen LogP contribution >= 0.6 is 0 Å². The largest absolute Gasteiger partial charge is 0.494 e. The molecule has 0 spiro atoms. The lowest BCUT2D eigenvalue weighted by molar-refractivity contribution is -0.137. The van der Waals surface area contributed by atoms with E-state index >= 15 is 0 Å². The van der Waals surface area contributed by atoms with Gasteiger partial charge in [0.05, 0.1) is 17.6 Å². The monoisotopic (exact) mass is 484 g/mol. The molecule has 2 nitrogen and oxygen atoms in total. The second kappa shape index (κ2) is 11.3. The van der Waals surface area contributed by atoms with Crippen molar-refractivity contribution < 1.29 is 27.0 Å². The van der Waals surface area contributed by atoms with Gasteiger partial charge in [0.15, 0.2) is 11.6 Å². The van der Waals surface area contributed by atoms with Gasteiger partial charge < -0.3 is 9.47 Å². The maximum Gasteiger partial charge on any atom is 0.416 e. The molecule has 1 unspecified atom stereocenters. The molecule has 0 N–H and O–H groups in total. The van der Waals surface area contributed by atoms with Gasteiger partial charge in [-0.2, -0.15) is 13.2 Å². The average molecular weight is 485 g/mol. The molecule has 1 atom stereocenters. The highest BCUT2D eigenvalue weighted by molar-refractivity contribution is 5.39. The molecule has 35 heavy (non-hydrogen) atoms.